The summed E-state index contributed by atoms with van der Waals surface area (Å²) in [6, 6.07) is 4.00. The number of hydrogen-bond acceptors (Lipinski definition) is 2. The fraction of sp³-hybridized carbons (Fsp3) is 0.571. The summed E-state index contributed by atoms with van der Waals surface area (Å²) >= 11 is 5.76. The molecule has 0 aromatic heterocycles. The predicted molar refractivity (Wildman–Crippen MR) is 80.0 cm³/mol. The molecule has 1 aliphatic heterocycles. The number of halogens is 4. The summed E-state index contributed by atoms with van der Waals surface area (Å²) in [4.78, 5) is 0. The molecule has 1 fully saturated rings. The van der Waals surface area contributed by atoms with Gasteiger partial charge in [0.05, 0.1) is 39.5 Å². The van der Waals surface area contributed by atoms with Crippen LogP contribution in [0.2, 0.25) is 5.02 Å². The van der Waals surface area contributed by atoms with Crippen LogP contribution >= 0.6 is 11.6 Å². The van der Waals surface area contributed by atoms with Crippen molar-refractivity contribution in [3.63, 3.8) is 0 Å². The third-order valence-corrected chi connectivity index (χ3v) is 5.36. The van der Waals surface area contributed by atoms with Crippen molar-refractivity contribution in [3.05, 3.63) is 34.3 Å². The van der Waals surface area contributed by atoms with E-state index in [1.54, 1.807) is 20.8 Å². The molecule has 0 spiro atoms. The standard InChI is InChI=1S/C14H17ClF3NO2S/c1-12(2,3)22(20)19-13(7-21-8-13)9-5-4-6-10(15)11(9)14(16,17)18/h4-6,19H,7-8H2,1-3H3. The average Bonchev–Trinajstić information content (AvgIpc) is 2.30. The lowest BCUT2D eigenvalue weighted by Crippen LogP contribution is -2.60. The van der Waals surface area contributed by atoms with E-state index in [1.807, 2.05) is 0 Å². The highest BCUT2D eigenvalue weighted by atomic mass is 35.5. The van der Waals surface area contributed by atoms with Gasteiger partial charge in [-0.15, -0.1) is 0 Å². The van der Waals surface area contributed by atoms with Gasteiger partial charge in [-0.05, 0) is 32.4 Å². The molecule has 1 aliphatic rings. The molecule has 0 aliphatic carbocycles. The molecule has 0 amide bonds. The van der Waals surface area contributed by atoms with Crippen LogP contribution in [0.3, 0.4) is 0 Å². The fourth-order valence-electron chi connectivity index (χ4n) is 2.12. The minimum atomic E-state index is -4.60. The van der Waals surface area contributed by atoms with E-state index in [9.17, 15) is 17.4 Å². The Morgan fingerprint density at radius 2 is 1.86 bits per heavy atom. The molecule has 8 heteroatoms. The van der Waals surface area contributed by atoms with E-state index in [2.05, 4.69) is 4.72 Å². The van der Waals surface area contributed by atoms with Crippen molar-refractivity contribution < 1.29 is 22.1 Å². The van der Waals surface area contributed by atoms with Gasteiger partial charge in [-0.1, -0.05) is 23.7 Å². The Balaban J connectivity index is 2.49. The fourth-order valence-corrected chi connectivity index (χ4v) is 3.29. The van der Waals surface area contributed by atoms with Crippen molar-refractivity contribution in [2.24, 2.45) is 0 Å². The van der Waals surface area contributed by atoms with E-state index >= 15 is 0 Å². The highest BCUT2D eigenvalue weighted by Crippen LogP contribution is 2.43. The summed E-state index contributed by atoms with van der Waals surface area (Å²) in [6.07, 6.45) is -4.60. The van der Waals surface area contributed by atoms with Gasteiger partial charge in [-0.2, -0.15) is 13.2 Å². The van der Waals surface area contributed by atoms with Crippen molar-refractivity contribution in [1.29, 1.82) is 0 Å². The van der Waals surface area contributed by atoms with Gasteiger partial charge in [-0.3, -0.25) is 0 Å². The molecule has 1 aromatic carbocycles. The molecule has 0 bridgehead atoms. The largest absolute Gasteiger partial charge is 0.418 e. The lowest BCUT2D eigenvalue weighted by Gasteiger charge is -2.44. The third kappa shape index (κ3) is 3.32. The smallest absolute Gasteiger partial charge is 0.377 e. The molecule has 2 rings (SSSR count). The van der Waals surface area contributed by atoms with Crippen LogP contribution in [0.25, 0.3) is 0 Å². The minimum absolute atomic E-state index is 0.0121. The van der Waals surface area contributed by atoms with Crippen LogP contribution in [0.15, 0.2) is 18.2 Å². The van der Waals surface area contributed by atoms with Gasteiger partial charge in [0.2, 0.25) is 0 Å². The molecule has 1 N–H and O–H groups in total. The third-order valence-electron chi connectivity index (χ3n) is 3.35. The first-order chi connectivity index (χ1) is 9.97. The molecular weight excluding hydrogens is 339 g/mol. The van der Waals surface area contributed by atoms with Gasteiger partial charge < -0.3 is 4.74 Å². The van der Waals surface area contributed by atoms with Crippen molar-refractivity contribution in [2.45, 2.75) is 37.2 Å². The maximum Gasteiger partial charge on any atom is 0.418 e. The van der Waals surface area contributed by atoms with Gasteiger partial charge >= 0.3 is 6.18 Å². The minimum Gasteiger partial charge on any atom is -0.377 e. The first kappa shape index (κ1) is 17.7. The second-order valence-corrected chi connectivity index (χ2v) is 8.59. The van der Waals surface area contributed by atoms with Crippen molar-refractivity contribution in [1.82, 2.24) is 4.72 Å². The Morgan fingerprint density at radius 1 is 1.27 bits per heavy atom. The SMILES string of the molecule is CC(C)(C)S(=O)NC1(c2cccc(Cl)c2C(F)(F)F)COC1. The number of rotatable bonds is 3. The summed E-state index contributed by atoms with van der Waals surface area (Å²) in [5.41, 5.74) is -2.08. The van der Waals surface area contributed by atoms with E-state index < -0.39 is 33.0 Å². The maximum absolute atomic E-state index is 13.3. The summed E-state index contributed by atoms with van der Waals surface area (Å²) < 4.78 is 59.7. The van der Waals surface area contributed by atoms with Gasteiger partial charge in [0, 0.05) is 0 Å². The zero-order chi connectivity index (χ0) is 16.8. The molecule has 1 heterocycles. The number of nitrogens with one attached hydrogen (secondary N) is 1. The molecular formula is C14H17ClF3NO2S. The van der Waals surface area contributed by atoms with E-state index in [4.69, 9.17) is 16.3 Å². The van der Waals surface area contributed by atoms with Crippen LogP contribution in [0.1, 0.15) is 31.9 Å². The van der Waals surface area contributed by atoms with Crippen molar-refractivity contribution in [2.75, 3.05) is 13.2 Å². The number of benzene rings is 1. The molecule has 0 saturated carbocycles. The lowest BCUT2D eigenvalue weighted by atomic mass is 9.85. The summed E-state index contributed by atoms with van der Waals surface area (Å²) in [5, 5.41) is -0.375. The van der Waals surface area contributed by atoms with Crippen LogP contribution in [-0.4, -0.2) is 22.2 Å². The zero-order valence-electron chi connectivity index (χ0n) is 12.4. The number of hydrogen-bond donors (Lipinski definition) is 1. The summed E-state index contributed by atoms with van der Waals surface area (Å²) in [6.45, 7) is 5.25. The van der Waals surface area contributed by atoms with Crippen molar-refractivity contribution >= 4 is 22.6 Å². The van der Waals surface area contributed by atoms with Gasteiger partial charge in [0.15, 0.2) is 0 Å². The van der Waals surface area contributed by atoms with E-state index in [0.29, 0.717) is 0 Å². The molecule has 3 nitrogen and oxygen atoms in total. The highest BCUT2D eigenvalue weighted by molar-refractivity contribution is 7.84. The first-order valence-electron chi connectivity index (χ1n) is 6.61. The molecule has 0 radical (unpaired) electrons. The van der Waals surface area contributed by atoms with Crippen LogP contribution in [0, 0.1) is 0 Å². The molecule has 22 heavy (non-hydrogen) atoms. The first-order valence-corrected chi connectivity index (χ1v) is 8.14. The molecule has 1 aromatic rings. The lowest BCUT2D eigenvalue weighted by molar-refractivity contribution is -0.141. The summed E-state index contributed by atoms with van der Waals surface area (Å²) in [5.74, 6) is 0. The van der Waals surface area contributed by atoms with E-state index in [0.717, 1.165) is 0 Å². The quantitative estimate of drug-likeness (QED) is 0.899. The van der Waals surface area contributed by atoms with Gasteiger partial charge in [0.1, 0.15) is 5.54 Å². The Labute approximate surface area is 134 Å². The Kier molecular flexibility index (Phi) is 4.65. The average molecular weight is 356 g/mol. The molecule has 1 unspecified atom stereocenters. The predicted octanol–water partition coefficient (Wildman–Crippen LogP) is 3.64. The monoisotopic (exact) mass is 355 g/mol. The second-order valence-electron chi connectivity index (χ2n) is 6.22. The molecule has 1 saturated heterocycles. The summed E-state index contributed by atoms with van der Waals surface area (Å²) in [7, 11) is -1.54. The van der Waals surface area contributed by atoms with Crippen LogP contribution < -0.4 is 4.72 Å². The highest BCUT2D eigenvalue weighted by Gasteiger charge is 2.49. The number of alkyl halides is 3. The van der Waals surface area contributed by atoms with E-state index in [1.165, 1.54) is 18.2 Å². The molecule has 1 atom stereocenters. The Hall–Kier alpha value is -0.630. The topological polar surface area (TPSA) is 38.3 Å². The van der Waals surface area contributed by atoms with Gasteiger partial charge in [0.25, 0.3) is 0 Å². The molecule has 124 valence electrons. The zero-order valence-corrected chi connectivity index (χ0v) is 14.0. The normalized spacial score (nSPS) is 19.6. The maximum atomic E-state index is 13.3. The van der Waals surface area contributed by atoms with Crippen LogP contribution in [-0.2, 0) is 27.4 Å². The number of ether oxygens (including phenoxy) is 1. The Morgan fingerprint density at radius 3 is 2.27 bits per heavy atom. The van der Waals surface area contributed by atoms with Crippen LogP contribution in [0.5, 0.6) is 0 Å². The van der Waals surface area contributed by atoms with Crippen LogP contribution in [0.4, 0.5) is 13.2 Å². The van der Waals surface area contributed by atoms with E-state index in [-0.39, 0.29) is 23.8 Å². The second kappa shape index (κ2) is 5.78. The Bertz CT molecular complexity index is 595. The van der Waals surface area contributed by atoms with Crippen molar-refractivity contribution in [3.8, 4) is 0 Å². The van der Waals surface area contributed by atoms with Gasteiger partial charge in [-0.25, -0.2) is 8.93 Å².